The number of carbonyl (C=O) groups excluding carboxylic acids is 2. The summed E-state index contributed by atoms with van der Waals surface area (Å²) in [4.78, 5) is 38.7. The van der Waals surface area contributed by atoms with Crippen molar-refractivity contribution >= 4 is 27.7 Å². The van der Waals surface area contributed by atoms with Gasteiger partial charge in [-0.1, -0.05) is 100 Å². The Balaban J connectivity index is 2.08. The Morgan fingerprint density at radius 2 is 1.54 bits per heavy atom. The lowest BCUT2D eigenvalue weighted by atomic mass is 9.83. The molecule has 0 saturated carbocycles. The third-order valence-electron chi connectivity index (χ3n) is 8.70. The Bertz CT molecular complexity index is 1480. The van der Waals surface area contributed by atoms with Crippen molar-refractivity contribution in [2.75, 3.05) is 32.3 Å². The Labute approximate surface area is 296 Å². The number of amides is 1. The number of ether oxygens (including phenoxy) is 2. The third-order valence-corrected chi connectivity index (χ3v) is 10.5. The van der Waals surface area contributed by atoms with E-state index in [1.165, 1.54) is 19.3 Å². The van der Waals surface area contributed by atoms with Gasteiger partial charge in [0.25, 0.3) is 0 Å². The maximum absolute atomic E-state index is 14.3. The number of unbranched alkanes of at least 4 members (excludes halogenated alkanes) is 8. The molecule has 0 saturated heterocycles. The zero-order valence-electron chi connectivity index (χ0n) is 29.6. The van der Waals surface area contributed by atoms with E-state index in [4.69, 9.17) is 9.47 Å². The molecule has 2 aromatic rings. The van der Waals surface area contributed by atoms with E-state index in [0.29, 0.717) is 48.8 Å². The minimum Gasteiger partial charge on any atom is -0.479 e. The monoisotopic (exact) mass is 719 g/mol. The Morgan fingerprint density at radius 1 is 0.920 bits per heavy atom. The molecule has 1 amide bonds. The van der Waals surface area contributed by atoms with E-state index in [9.17, 15) is 37.4 Å². The first kappa shape index (κ1) is 42.6. The Morgan fingerprint density at radius 3 is 2.12 bits per heavy atom. The molecule has 0 heterocycles. The average molecular weight is 720 g/mol. The molecule has 12 heteroatoms. The molecule has 2 aromatic carbocycles. The number of benzene rings is 2. The van der Waals surface area contributed by atoms with E-state index in [0.717, 1.165) is 39.2 Å². The van der Waals surface area contributed by atoms with E-state index >= 15 is 0 Å². The molecule has 0 aliphatic carbocycles. The molecule has 50 heavy (non-hydrogen) atoms. The number of allylic oxidation sites excluding steroid dienone is 1. The van der Waals surface area contributed by atoms with Crippen LogP contribution in [0.25, 0.3) is 11.1 Å². The van der Waals surface area contributed by atoms with Crippen LogP contribution in [0.5, 0.6) is 0 Å². The standard InChI is InChI=1S/C38H54FNO9S/c1-4-5-6-10-15-26-50(46,47)27-16-11-8-7-9-12-18-32(38(45,37(43)44)24-25-48-2)35(41)40-34(36(42)49-3)28-29-20-22-30(23-21-29)31-17-13-14-19-33(31)39/h12-14,17-23,32,34,45H,4-11,15-16,24-28H2,1-3H3,(H,40,41)(H,43,44)/t32-,34+,38+/m1/s1. The number of esters is 1. The van der Waals surface area contributed by atoms with Gasteiger partial charge in [0, 0.05) is 32.1 Å². The second-order valence-corrected chi connectivity index (χ2v) is 14.9. The Hall–Kier alpha value is -3.61. The summed E-state index contributed by atoms with van der Waals surface area (Å²) in [6.45, 7) is 1.97. The first-order valence-electron chi connectivity index (χ1n) is 17.4. The van der Waals surface area contributed by atoms with E-state index < -0.39 is 51.7 Å². The van der Waals surface area contributed by atoms with E-state index in [1.54, 1.807) is 48.5 Å². The van der Waals surface area contributed by atoms with Gasteiger partial charge in [-0.3, -0.25) is 4.79 Å². The third kappa shape index (κ3) is 14.3. The summed E-state index contributed by atoms with van der Waals surface area (Å²) in [5.41, 5.74) is -0.880. The smallest absolute Gasteiger partial charge is 0.336 e. The van der Waals surface area contributed by atoms with Crippen molar-refractivity contribution < 1.29 is 46.9 Å². The average Bonchev–Trinajstić information content (AvgIpc) is 3.09. The lowest BCUT2D eigenvalue weighted by molar-refractivity contribution is -0.169. The summed E-state index contributed by atoms with van der Waals surface area (Å²) >= 11 is 0. The molecule has 3 N–H and O–H groups in total. The van der Waals surface area contributed by atoms with Crippen molar-refractivity contribution in [3.05, 3.63) is 72.1 Å². The predicted octanol–water partition coefficient (Wildman–Crippen LogP) is 6.05. The molecule has 0 aliphatic rings. The largest absolute Gasteiger partial charge is 0.479 e. The van der Waals surface area contributed by atoms with Crippen molar-refractivity contribution in [1.82, 2.24) is 5.32 Å². The zero-order chi connectivity index (χ0) is 37.0. The van der Waals surface area contributed by atoms with E-state index in [-0.39, 0.29) is 30.4 Å². The minimum atomic E-state index is -3.07. The molecule has 0 spiro atoms. The molecule has 0 radical (unpaired) electrons. The van der Waals surface area contributed by atoms with Crippen LogP contribution in [0.4, 0.5) is 4.39 Å². The molecular formula is C38H54FNO9S. The quantitative estimate of drug-likeness (QED) is 0.0631. The summed E-state index contributed by atoms with van der Waals surface area (Å²) in [7, 11) is -0.564. The van der Waals surface area contributed by atoms with Crippen molar-refractivity contribution in [2.24, 2.45) is 5.92 Å². The van der Waals surface area contributed by atoms with Gasteiger partial charge in [0.05, 0.1) is 24.5 Å². The van der Waals surface area contributed by atoms with Gasteiger partial charge < -0.3 is 25.0 Å². The summed E-state index contributed by atoms with van der Waals surface area (Å²) in [6, 6.07) is 11.9. The lowest BCUT2D eigenvalue weighted by Crippen LogP contribution is -2.55. The molecule has 3 atom stereocenters. The first-order valence-corrected chi connectivity index (χ1v) is 19.2. The van der Waals surface area contributed by atoms with Gasteiger partial charge in [-0.2, -0.15) is 0 Å². The van der Waals surface area contributed by atoms with Gasteiger partial charge in [-0.25, -0.2) is 22.4 Å². The number of aliphatic carboxylic acids is 1. The van der Waals surface area contributed by atoms with Crippen LogP contribution in [-0.4, -0.2) is 80.5 Å². The first-order chi connectivity index (χ1) is 23.9. The number of carbonyl (C=O) groups is 3. The fourth-order valence-electron chi connectivity index (χ4n) is 5.66. The molecule has 0 aliphatic heterocycles. The fourth-order valence-corrected chi connectivity index (χ4v) is 7.15. The van der Waals surface area contributed by atoms with Crippen LogP contribution in [0, 0.1) is 11.7 Å². The van der Waals surface area contributed by atoms with Gasteiger partial charge in [0.1, 0.15) is 21.7 Å². The highest BCUT2D eigenvalue weighted by Crippen LogP contribution is 2.26. The summed E-state index contributed by atoms with van der Waals surface area (Å²) in [5.74, 6) is -4.86. The van der Waals surface area contributed by atoms with Crippen LogP contribution in [0.2, 0.25) is 0 Å². The number of halogens is 1. The molecule has 0 unspecified atom stereocenters. The van der Waals surface area contributed by atoms with Crippen LogP contribution in [-0.2, 0) is 40.1 Å². The number of carboxylic acids is 1. The van der Waals surface area contributed by atoms with Crippen molar-refractivity contribution in [2.45, 2.75) is 95.6 Å². The summed E-state index contributed by atoms with van der Waals surface area (Å²) < 4.78 is 48.8. The molecule has 0 bridgehead atoms. The minimum absolute atomic E-state index is 0.00938. The van der Waals surface area contributed by atoms with E-state index in [2.05, 4.69) is 12.2 Å². The van der Waals surface area contributed by atoms with Crippen LogP contribution in [0.15, 0.2) is 60.7 Å². The van der Waals surface area contributed by atoms with Gasteiger partial charge >= 0.3 is 11.9 Å². The van der Waals surface area contributed by atoms with Gasteiger partial charge in [0.15, 0.2) is 5.60 Å². The van der Waals surface area contributed by atoms with Crippen LogP contribution in [0.1, 0.15) is 83.1 Å². The normalized spacial score (nSPS) is 14.2. The number of carboxylic acid groups (broad SMARTS) is 1. The number of hydrogen-bond donors (Lipinski definition) is 3. The number of aliphatic hydroxyl groups is 1. The predicted molar refractivity (Wildman–Crippen MR) is 192 cm³/mol. The zero-order valence-corrected chi connectivity index (χ0v) is 30.4. The highest BCUT2D eigenvalue weighted by atomic mass is 32.2. The van der Waals surface area contributed by atoms with Crippen molar-refractivity contribution in [3.63, 3.8) is 0 Å². The maximum atomic E-state index is 14.3. The van der Waals surface area contributed by atoms with Gasteiger partial charge in [0.2, 0.25) is 5.91 Å². The fraction of sp³-hybridized carbons (Fsp3) is 0.553. The highest BCUT2D eigenvalue weighted by Gasteiger charge is 2.47. The topological polar surface area (TPSA) is 156 Å². The number of rotatable bonds is 25. The van der Waals surface area contributed by atoms with Crippen molar-refractivity contribution in [1.29, 1.82) is 0 Å². The van der Waals surface area contributed by atoms with E-state index in [1.807, 2.05) is 0 Å². The molecular weight excluding hydrogens is 665 g/mol. The molecule has 0 aromatic heterocycles. The van der Waals surface area contributed by atoms with Crippen LogP contribution >= 0.6 is 0 Å². The Kier molecular flexibility index (Phi) is 18.9. The lowest BCUT2D eigenvalue weighted by Gasteiger charge is -2.30. The number of sulfone groups is 1. The van der Waals surface area contributed by atoms with Gasteiger partial charge in [-0.05, 0) is 42.9 Å². The second kappa shape index (κ2) is 22.3. The van der Waals surface area contributed by atoms with Gasteiger partial charge in [-0.15, -0.1) is 0 Å². The number of hydrogen-bond acceptors (Lipinski definition) is 8. The molecule has 278 valence electrons. The molecule has 2 rings (SSSR count). The summed E-state index contributed by atoms with van der Waals surface area (Å²) in [5, 5.41) is 23.9. The molecule has 10 nitrogen and oxygen atoms in total. The summed E-state index contributed by atoms with van der Waals surface area (Å²) in [6.07, 6.45) is 10.6. The van der Waals surface area contributed by atoms with Crippen molar-refractivity contribution in [3.8, 4) is 11.1 Å². The van der Waals surface area contributed by atoms with Crippen LogP contribution < -0.4 is 5.32 Å². The second-order valence-electron chi connectivity index (χ2n) is 12.6. The molecule has 0 fully saturated rings. The maximum Gasteiger partial charge on any atom is 0.336 e. The SMILES string of the molecule is CCCCCCCS(=O)(=O)CCCCCCC=C[C@H](C(=O)N[C@@H](Cc1ccc(-c2ccccc2F)cc1)C(=O)OC)[C@@](O)(CCOC)C(=O)O. The van der Waals surface area contributed by atoms with Crippen LogP contribution in [0.3, 0.4) is 0 Å². The number of nitrogens with one attached hydrogen (secondary N) is 1. The highest BCUT2D eigenvalue weighted by molar-refractivity contribution is 7.91. The number of methoxy groups -OCH3 is 2.